The highest BCUT2D eigenvalue weighted by Gasteiger charge is 2.14. The van der Waals surface area contributed by atoms with Crippen LogP contribution in [0.5, 0.6) is 5.75 Å². The van der Waals surface area contributed by atoms with Crippen LogP contribution in [0.15, 0.2) is 42.5 Å². The van der Waals surface area contributed by atoms with Crippen molar-refractivity contribution in [2.45, 2.75) is 25.4 Å². The van der Waals surface area contributed by atoms with Gasteiger partial charge >= 0.3 is 0 Å². The molecule has 1 heterocycles. The molecule has 0 bridgehead atoms. The first-order valence-electron chi connectivity index (χ1n) is 6.91. The summed E-state index contributed by atoms with van der Waals surface area (Å²) in [5.41, 5.74) is 3.60. The topological polar surface area (TPSA) is 29.5 Å². The van der Waals surface area contributed by atoms with Gasteiger partial charge in [0.1, 0.15) is 5.75 Å². The minimum absolute atomic E-state index is 0.396. The summed E-state index contributed by atoms with van der Waals surface area (Å²) in [6.07, 6.45) is 2.24. The summed E-state index contributed by atoms with van der Waals surface area (Å²) in [6, 6.07) is 14.4. The molecule has 0 aliphatic carbocycles. The molecule has 0 spiro atoms. The molecule has 0 radical (unpaired) electrons. The first-order valence-corrected chi connectivity index (χ1v) is 7.99. The summed E-state index contributed by atoms with van der Waals surface area (Å²) in [5, 5.41) is 10.3. The molecule has 1 unspecified atom stereocenters. The minimum Gasteiger partial charge on any atom is -0.493 e. The number of fused-ring (bicyclic) bond motifs is 1. The second-order valence-electron chi connectivity index (χ2n) is 5.12. The van der Waals surface area contributed by atoms with Gasteiger partial charge in [-0.2, -0.15) is 0 Å². The molecular weight excluding hydrogens is 363 g/mol. The van der Waals surface area contributed by atoms with Crippen LogP contribution in [0.4, 0.5) is 0 Å². The Balaban J connectivity index is 1.66. The Morgan fingerprint density at radius 2 is 2.05 bits per heavy atom. The lowest BCUT2D eigenvalue weighted by molar-refractivity contribution is 0.167. The normalized spacial score (nSPS) is 14.7. The number of rotatable bonds is 4. The number of aliphatic hydroxyl groups is 1. The molecule has 1 N–H and O–H groups in total. The number of hydrogen-bond donors (Lipinski definition) is 1. The predicted molar refractivity (Wildman–Crippen MR) is 88.1 cm³/mol. The van der Waals surface area contributed by atoms with E-state index < -0.39 is 6.10 Å². The molecular formula is C17H17IO2. The van der Waals surface area contributed by atoms with Crippen LogP contribution in [0.1, 0.15) is 29.2 Å². The van der Waals surface area contributed by atoms with E-state index in [4.69, 9.17) is 4.74 Å². The molecule has 2 aromatic carbocycles. The maximum absolute atomic E-state index is 10.3. The number of aliphatic hydroxyl groups excluding tert-OH is 1. The molecule has 2 nitrogen and oxygen atoms in total. The summed E-state index contributed by atoms with van der Waals surface area (Å²) >= 11 is 2.28. The lowest BCUT2D eigenvalue weighted by Crippen LogP contribution is -2.02. The highest BCUT2D eigenvalue weighted by molar-refractivity contribution is 14.1. The third-order valence-electron chi connectivity index (χ3n) is 3.72. The Labute approximate surface area is 132 Å². The maximum atomic E-state index is 10.3. The van der Waals surface area contributed by atoms with Gasteiger partial charge in [-0.05, 0) is 64.3 Å². The highest BCUT2D eigenvalue weighted by atomic mass is 127. The van der Waals surface area contributed by atoms with Crippen molar-refractivity contribution in [3.8, 4) is 5.75 Å². The molecule has 1 aliphatic rings. The van der Waals surface area contributed by atoms with E-state index in [9.17, 15) is 5.11 Å². The van der Waals surface area contributed by atoms with Crippen molar-refractivity contribution in [1.82, 2.24) is 0 Å². The Hall–Kier alpha value is -1.07. The molecule has 0 amide bonds. The molecule has 1 aliphatic heterocycles. The first kappa shape index (κ1) is 13.9. The zero-order valence-electron chi connectivity index (χ0n) is 11.2. The van der Waals surface area contributed by atoms with Gasteiger partial charge in [-0.15, -0.1) is 0 Å². The summed E-state index contributed by atoms with van der Waals surface area (Å²) in [7, 11) is 0. The second-order valence-corrected chi connectivity index (χ2v) is 6.28. The quantitative estimate of drug-likeness (QED) is 0.816. The summed E-state index contributed by atoms with van der Waals surface area (Å²) in [5.74, 6) is 1.02. The van der Waals surface area contributed by atoms with Crippen molar-refractivity contribution in [2.75, 3.05) is 6.61 Å². The zero-order valence-corrected chi connectivity index (χ0v) is 13.3. The van der Waals surface area contributed by atoms with Crippen LogP contribution in [-0.2, 0) is 12.8 Å². The molecule has 0 saturated carbocycles. The number of benzene rings is 2. The zero-order chi connectivity index (χ0) is 13.9. The molecule has 0 fully saturated rings. The van der Waals surface area contributed by atoms with Gasteiger partial charge in [0, 0.05) is 9.99 Å². The SMILES string of the molecule is OC(CCc1ccc2c(c1)CCO2)c1ccccc1I. The van der Waals surface area contributed by atoms with Crippen molar-refractivity contribution in [1.29, 1.82) is 0 Å². The van der Waals surface area contributed by atoms with E-state index in [2.05, 4.69) is 40.8 Å². The average molecular weight is 380 g/mol. The number of aryl methyl sites for hydroxylation is 1. The van der Waals surface area contributed by atoms with Gasteiger partial charge < -0.3 is 9.84 Å². The van der Waals surface area contributed by atoms with E-state index in [1.807, 2.05) is 24.3 Å². The minimum atomic E-state index is -0.396. The van der Waals surface area contributed by atoms with Crippen LogP contribution in [0.2, 0.25) is 0 Å². The van der Waals surface area contributed by atoms with E-state index in [0.29, 0.717) is 0 Å². The molecule has 3 rings (SSSR count). The number of halogens is 1. The van der Waals surface area contributed by atoms with Crippen LogP contribution in [0, 0.1) is 3.57 Å². The molecule has 2 aromatic rings. The Morgan fingerprint density at radius 3 is 2.90 bits per heavy atom. The van der Waals surface area contributed by atoms with Gasteiger partial charge in [-0.3, -0.25) is 0 Å². The van der Waals surface area contributed by atoms with E-state index in [1.54, 1.807) is 0 Å². The van der Waals surface area contributed by atoms with Crippen molar-refractivity contribution in [3.05, 3.63) is 62.7 Å². The monoisotopic (exact) mass is 380 g/mol. The van der Waals surface area contributed by atoms with Crippen LogP contribution in [0.25, 0.3) is 0 Å². The standard InChI is InChI=1S/C17H17IO2/c18-15-4-2-1-3-14(15)16(19)7-5-12-6-8-17-13(11-12)9-10-20-17/h1-4,6,8,11,16,19H,5,7,9-10H2. The van der Waals surface area contributed by atoms with E-state index >= 15 is 0 Å². The first-order chi connectivity index (χ1) is 9.74. The lowest BCUT2D eigenvalue weighted by Gasteiger charge is -2.13. The fourth-order valence-corrected chi connectivity index (χ4v) is 3.35. The van der Waals surface area contributed by atoms with Gasteiger partial charge in [0.2, 0.25) is 0 Å². The van der Waals surface area contributed by atoms with Crippen LogP contribution < -0.4 is 4.74 Å². The molecule has 0 aromatic heterocycles. The summed E-state index contributed by atoms with van der Waals surface area (Å²) in [6.45, 7) is 0.795. The van der Waals surface area contributed by atoms with Crippen LogP contribution in [0.3, 0.4) is 0 Å². The van der Waals surface area contributed by atoms with Gasteiger partial charge in [0.15, 0.2) is 0 Å². The maximum Gasteiger partial charge on any atom is 0.122 e. The molecule has 3 heteroatoms. The van der Waals surface area contributed by atoms with Gasteiger partial charge in [-0.1, -0.05) is 30.3 Å². The smallest absolute Gasteiger partial charge is 0.122 e. The van der Waals surface area contributed by atoms with Crippen molar-refractivity contribution in [3.63, 3.8) is 0 Å². The van der Waals surface area contributed by atoms with Gasteiger partial charge in [0.05, 0.1) is 12.7 Å². The fourth-order valence-electron chi connectivity index (χ4n) is 2.60. The molecule has 1 atom stereocenters. The number of hydrogen-bond acceptors (Lipinski definition) is 2. The van der Waals surface area contributed by atoms with Gasteiger partial charge in [-0.25, -0.2) is 0 Å². The van der Waals surface area contributed by atoms with E-state index in [1.165, 1.54) is 11.1 Å². The van der Waals surface area contributed by atoms with E-state index in [0.717, 1.165) is 40.8 Å². The Kier molecular flexibility index (Phi) is 4.27. The lowest BCUT2D eigenvalue weighted by atomic mass is 10.00. The second kappa shape index (κ2) is 6.14. The largest absolute Gasteiger partial charge is 0.493 e. The van der Waals surface area contributed by atoms with Gasteiger partial charge in [0.25, 0.3) is 0 Å². The predicted octanol–water partition coefficient (Wildman–Crippen LogP) is 3.89. The van der Waals surface area contributed by atoms with E-state index in [-0.39, 0.29) is 0 Å². The highest BCUT2D eigenvalue weighted by Crippen LogP contribution is 2.28. The Bertz CT molecular complexity index is 610. The molecule has 0 saturated heterocycles. The van der Waals surface area contributed by atoms with Crippen LogP contribution >= 0.6 is 22.6 Å². The number of ether oxygens (including phenoxy) is 1. The molecule has 20 heavy (non-hydrogen) atoms. The van der Waals surface area contributed by atoms with Crippen molar-refractivity contribution < 1.29 is 9.84 Å². The van der Waals surface area contributed by atoms with Crippen molar-refractivity contribution in [2.24, 2.45) is 0 Å². The average Bonchev–Trinajstić information content (AvgIpc) is 2.92. The van der Waals surface area contributed by atoms with Crippen LogP contribution in [-0.4, -0.2) is 11.7 Å². The third kappa shape index (κ3) is 2.99. The fraction of sp³-hybridized carbons (Fsp3) is 0.294. The Morgan fingerprint density at radius 1 is 1.20 bits per heavy atom. The van der Waals surface area contributed by atoms with Crippen molar-refractivity contribution >= 4 is 22.6 Å². The molecule has 104 valence electrons. The third-order valence-corrected chi connectivity index (χ3v) is 4.71. The summed E-state index contributed by atoms with van der Waals surface area (Å²) < 4.78 is 6.64. The summed E-state index contributed by atoms with van der Waals surface area (Å²) in [4.78, 5) is 0.